The van der Waals surface area contributed by atoms with Gasteiger partial charge in [0, 0.05) is 12.6 Å². The fourth-order valence-electron chi connectivity index (χ4n) is 4.23. The molecule has 3 unspecified atom stereocenters. The van der Waals surface area contributed by atoms with Crippen molar-refractivity contribution in [3.05, 3.63) is 0 Å². The van der Waals surface area contributed by atoms with E-state index in [2.05, 4.69) is 19.2 Å². The number of carbonyl (C=O) groups is 2. The van der Waals surface area contributed by atoms with Crippen LogP contribution in [0.1, 0.15) is 59.3 Å². The van der Waals surface area contributed by atoms with Crippen molar-refractivity contribution in [3.63, 3.8) is 0 Å². The lowest BCUT2D eigenvalue weighted by Gasteiger charge is -2.37. The van der Waals surface area contributed by atoms with Crippen molar-refractivity contribution in [1.82, 2.24) is 10.2 Å². The molecule has 0 spiro atoms. The van der Waals surface area contributed by atoms with Crippen molar-refractivity contribution < 1.29 is 14.7 Å². The van der Waals surface area contributed by atoms with Gasteiger partial charge in [-0.3, -0.25) is 0 Å². The van der Waals surface area contributed by atoms with Crippen LogP contribution >= 0.6 is 0 Å². The van der Waals surface area contributed by atoms with Gasteiger partial charge < -0.3 is 15.3 Å². The molecule has 2 rings (SSSR count). The number of rotatable bonds is 3. The highest BCUT2D eigenvalue weighted by Crippen LogP contribution is 2.34. The van der Waals surface area contributed by atoms with Gasteiger partial charge in [0.25, 0.3) is 0 Å². The maximum Gasteiger partial charge on any atom is 0.329 e. The highest BCUT2D eigenvalue weighted by Gasteiger charge is 2.48. The van der Waals surface area contributed by atoms with Gasteiger partial charge in [-0.25, -0.2) is 9.59 Å². The topological polar surface area (TPSA) is 69.6 Å². The lowest BCUT2D eigenvalue weighted by molar-refractivity contribution is -0.148. The number of urea groups is 1. The minimum absolute atomic E-state index is 0.181. The molecule has 0 aromatic heterocycles. The first-order valence-corrected chi connectivity index (χ1v) is 8.20. The van der Waals surface area contributed by atoms with Gasteiger partial charge in [0.1, 0.15) is 5.54 Å². The van der Waals surface area contributed by atoms with Crippen molar-refractivity contribution in [2.75, 3.05) is 6.54 Å². The van der Waals surface area contributed by atoms with E-state index in [-0.39, 0.29) is 12.1 Å². The summed E-state index contributed by atoms with van der Waals surface area (Å²) in [6, 6.07) is -0.0109. The maximum absolute atomic E-state index is 12.6. The van der Waals surface area contributed by atoms with Crippen LogP contribution in [-0.2, 0) is 4.79 Å². The van der Waals surface area contributed by atoms with Crippen LogP contribution in [0.25, 0.3) is 0 Å². The van der Waals surface area contributed by atoms with Gasteiger partial charge in [0.15, 0.2) is 0 Å². The van der Waals surface area contributed by atoms with Gasteiger partial charge >= 0.3 is 12.0 Å². The normalized spacial score (nSPS) is 36.5. The number of amides is 2. The Kier molecular flexibility index (Phi) is 4.79. The van der Waals surface area contributed by atoms with Crippen LogP contribution in [0.3, 0.4) is 0 Å². The first-order chi connectivity index (χ1) is 9.89. The molecule has 0 aromatic rings. The standard InChI is InChI=1S/C16H28N2O3/c1-4-16(14(19)20)6-5-7-18(16)15(21)17-13-9-11(2)8-12(3)10-13/h11-13H,4-10H2,1-3H3,(H,17,21)(H,19,20). The minimum Gasteiger partial charge on any atom is -0.479 e. The van der Waals surface area contributed by atoms with E-state index in [1.165, 1.54) is 6.42 Å². The van der Waals surface area contributed by atoms with Crippen molar-refractivity contribution in [2.45, 2.75) is 70.9 Å². The Morgan fingerprint density at radius 1 is 1.24 bits per heavy atom. The van der Waals surface area contributed by atoms with Crippen molar-refractivity contribution in [1.29, 1.82) is 0 Å². The number of nitrogens with zero attached hydrogens (tertiary/aromatic N) is 1. The Morgan fingerprint density at radius 2 is 1.86 bits per heavy atom. The van der Waals surface area contributed by atoms with Crippen LogP contribution in [0.5, 0.6) is 0 Å². The Bertz CT molecular complexity index is 402. The van der Waals surface area contributed by atoms with Crippen LogP contribution < -0.4 is 5.32 Å². The van der Waals surface area contributed by atoms with E-state index in [1.807, 2.05) is 6.92 Å². The molecule has 1 aliphatic carbocycles. The molecule has 1 heterocycles. The first-order valence-electron chi connectivity index (χ1n) is 8.20. The maximum atomic E-state index is 12.6. The van der Waals surface area contributed by atoms with Crippen molar-refractivity contribution >= 4 is 12.0 Å². The van der Waals surface area contributed by atoms with Crippen LogP contribution in [0.15, 0.2) is 0 Å². The summed E-state index contributed by atoms with van der Waals surface area (Å²) in [5.41, 5.74) is -1.00. The van der Waals surface area contributed by atoms with E-state index in [1.54, 1.807) is 4.90 Å². The third kappa shape index (κ3) is 3.16. The van der Waals surface area contributed by atoms with E-state index in [9.17, 15) is 14.7 Å². The SMILES string of the molecule is CCC1(C(=O)O)CCCN1C(=O)NC1CC(C)CC(C)C1. The highest BCUT2D eigenvalue weighted by atomic mass is 16.4. The molecule has 0 bridgehead atoms. The number of carboxylic acid groups (broad SMARTS) is 1. The number of hydrogen-bond donors (Lipinski definition) is 2. The van der Waals surface area contributed by atoms with Gasteiger partial charge in [0.05, 0.1) is 0 Å². The lowest BCUT2D eigenvalue weighted by atomic mass is 9.80. The summed E-state index contributed by atoms with van der Waals surface area (Å²) in [6.07, 6.45) is 5.00. The zero-order chi connectivity index (χ0) is 15.6. The Labute approximate surface area is 127 Å². The molecule has 5 nitrogen and oxygen atoms in total. The number of carbonyl (C=O) groups excluding carboxylic acids is 1. The lowest BCUT2D eigenvalue weighted by Crippen LogP contribution is -2.57. The Hall–Kier alpha value is -1.26. The minimum atomic E-state index is -1.00. The average Bonchev–Trinajstić information content (AvgIpc) is 2.82. The second-order valence-corrected chi connectivity index (χ2v) is 7.01. The van der Waals surface area contributed by atoms with E-state index in [4.69, 9.17) is 0 Å². The van der Waals surface area contributed by atoms with Crippen LogP contribution in [0.2, 0.25) is 0 Å². The summed E-state index contributed by atoms with van der Waals surface area (Å²) in [6.45, 7) is 6.84. The molecule has 2 amide bonds. The molecule has 2 aliphatic rings. The third-order valence-electron chi connectivity index (χ3n) is 5.22. The summed E-state index contributed by atoms with van der Waals surface area (Å²) in [7, 11) is 0. The smallest absolute Gasteiger partial charge is 0.329 e. The second kappa shape index (κ2) is 6.24. The largest absolute Gasteiger partial charge is 0.479 e. The van der Waals surface area contributed by atoms with Crippen LogP contribution in [0.4, 0.5) is 4.79 Å². The van der Waals surface area contributed by atoms with E-state index in [0.29, 0.717) is 31.2 Å². The van der Waals surface area contributed by atoms with Gasteiger partial charge in [-0.1, -0.05) is 20.8 Å². The molecule has 1 saturated heterocycles. The zero-order valence-electron chi connectivity index (χ0n) is 13.4. The quantitative estimate of drug-likeness (QED) is 0.841. The van der Waals surface area contributed by atoms with Gasteiger partial charge in [-0.15, -0.1) is 0 Å². The van der Waals surface area contributed by atoms with Crippen molar-refractivity contribution in [2.24, 2.45) is 11.8 Å². The molecular weight excluding hydrogens is 268 g/mol. The summed E-state index contributed by atoms with van der Waals surface area (Å²) >= 11 is 0. The number of aliphatic carboxylic acids is 1. The fraction of sp³-hybridized carbons (Fsp3) is 0.875. The Balaban J connectivity index is 2.04. The molecule has 2 N–H and O–H groups in total. The monoisotopic (exact) mass is 296 g/mol. The van der Waals surface area contributed by atoms with E-state index < -0.39 is 11.5 Å². The molecule has 0 radical (unpaired) electrons. The molecular formula is C16H28N2O3. The Morgan fingerprint density at radius 3 is 2.38 bits per heavy atom. The van der Waals surface area contributed by atoms with Gasteiger partial charge in [-0.05, 0) is 50.4 Å². The summed E-state index contributed by atoms with van der Waals surface area (Å²) in [4.78, 5) is 25.8. The molecule has 1 saturated carbocycles. The first kappa shape index (κ1) is 16.1. The second-order valence-electron chi connectivity index (χ2n) is 7.01. The molecule has 3 atom stereocenters. The fourth-order valence-corrected chi connectivity index (χ4v) is 4.23. The molecule has 0 aromatic carbocycles. The summed E-state index contributed by atoms with van der Waals surface area (Å²) < 4.78 is 0. The van der Waals surface area contributed by atoms with Crippen LogP contribution in [0, 0.1) is 11.8 Å². The molecule has 5 heteroatoms. The number of hydrogen-bond acceptors (Lipinski definition) is 2. The molecule has 2 fully saturated rings. The van der Waals surface area contributed by atoms with Gasteiger partial charge in [0.2, 0.25) is 0 Å². The third-order valence-corrected chi connectivity index (χ3v) is 5.22. The summed E-state index contributed by atoms with van der Waals surface area (Å²) in [5.74, 6) is 0.365. The van der Waals surface area contributed by atoms with Crippen molar-refractivity contribution in [3.8, 4) is 0 Å². The molecule has 21 heavy (non-hydrogen) atoms. The molecule has 120 valence electrons. The summed E-state index contributed by atoms with van der Waals surface area (Å²) in [5, 5.41) is 12.6. The number of carboxylic acids is 1. The van der Waals surface area contributed by atoms with E-state index in [0.717, 1.165) is 19.3 Å². The predicted octanol–water partition coefficient (Wildman–Crippen LogP) is 2.85. The number of likely N-dealkylation sites (tertiary alicyclic amines) is 1. The van der Waals surface area contributed by atoms with Gasteiger partial charge in [-0.2, -0.15) is 0 Å². The predicted molar refractivity (Wildman–Crippen MR) is 81.1 cm³/mol. The van der Waals surface area contributed by atoms with E-state index >= 15 is 0 Å². The molecule has 1 aliphatic heterocycles. The highest BCUT2D eigenvalue weighted by molar-refractivity contribution is 5.87. The zero-order valence-corrected chi connectivity index (χ0v) is 13.4. The average molecular weight is 296 g/mol. The van der Waals surface area contributed by atoms with Crippen LogP contribution in [-0.4, -0.2) is 40.1 Å². The number of nitrogens with one attached hydrogen (secondary N) is 1.